The van der Waals surface area contributed by atoms with E-state index in [-0.39, 0.29) is 10.8 Å². The number of nitrogens with one attached hydrogen (secondary N) is 1. The molecule has 23 heavy (non-hydrogen) atoms. The van der Waals surface area contributed by atoms with E-state index in [0.717, 1.165) is 0 Å². The fourth-order valence-corrected chi connectivity index (χ4v) is 3.76. The second kappa shape index (κ2) is 6.10. The fourth-order valence-electron chi connectivity index (χ4n) is 2.39. The van der Waals surface area contributed by atoms with Gasteiger partial charge in [-0.05, 0) is 30.2 Å². The van der Waals surface area contributed by atoms with Crippen LogP contribution in [0.3, 0.4) is 0 Å². The average molecular weight is 330 g/mol. The van der Waals surface area contributed by atoms with E-state index in [1.807, 2.05) is 38.2 Å². The van der Waals surface area contributed by atoms with Crippen molar-refractivity contribution in [2.24, 2.45) is 5.92 Å². The highest BCUT2D eigenvalue weighted by molar-refractivity contribution is 7.89. The van der Waals surface area contributed by atoms with Crippen molar-refractivity contribution in [3.63, 3.8) is 0 Å². The topological polar surface area (TPSA) is 76.4 Å². The Bertz CT molecular complexity index is 904. The van der Waals surface area contributed by atoms with Crippen molar-refractivity contribution in [2.45, 2.75) is 24.8 Å². The molecular formula is C16H18N4O2S. The van der Waals surface area contributed by atoms with Gasteiger partial charge in [0, 0.05) is 6.20 Å². The maximum Gasteiger partial charge on any atom is 0.241 e. The predicted molar refractivity (Wildman–Crippen MR) is 87.3 cm³/mol. The SMILES string of the molecule is CC(C)[C@H](NS(=O)(=O)c1ccccc1)c1nnc2ccccn12. The van der Waals surface area contributed by atoms with Gasteiger partial charge in [0.2, 0.25) is 10.0 Å². The number of nitrogens with zero attached hydrogens (tertiary/aromatic N) is 3. The fraction of sp³-hybridized carbons (Fsp3) is 0.250. The Hall–Kier alpha value is -2.25. The van der Waals surface area contributed by atoms with Crippen LogP contribution < -0.4 is 4.72 Å². The highest BCUT2D eigenvalue weighted by Gasteiger charge is 2.27. The summed E-state index contributed by atoms with van der Waals surface area (Å²) in [6.07, 6.45) is 1.83. The molecule has 0 radical (unpaired) electrons. The van der Waals surface area contributed by atoms with Crippen molar-refractivity contribution in [3.8, 4) is 0 Å². The third kappa shape index (κ3) is 3.11. The predicted octanol–water partition coefficient (Wildman–Crippen LogP) is 2.40. The van der Waals surface area contributed by atoms with Crippen molar-refractivity contribution < 1.29 is 8.42 Å². The quantitative estimate of drug-likeness (QED) is 0.779. The Balaban J connectivity index is 2.00. The third-order valence-corrected chi connectivity index (χ3v) is 5.08. The van der Waals surface area contributed by atoms with E-state index in [1.165, 1.54) is 0 Å². The molecular weight excluding hydrogens is 312 g/mol. The summed E-state index contributed by atoms with van der Waals surface area (Å²) in [6, 6.07) is 13.4. The number of sulfonamides is 1. The van der Waals surface area contributed by atoms with Gasteiger partial charge in [-0.25, -0.2) is 13.1 Å². The number of fused-ring (bicyclic) bond motifs is 1. The van der Waals surface area contributed by atoms with Gasteiger partial charge in [0.25, 0.3) is 0 Å². The van der Waals surface area contributed by atoms with Gasteiger partial charge in [0.1, 0.15) is 0 Å². The number of hydrogen-bond donors (Lipinski definition) is 1. The summed E-state index contributed by atoms with van der Waals surface area (Å²) in [5, 5.41) is 8.28. The van der Waals surface area contributed by atoms with Gasteiger partial charge in [-0.15, -0.1) is 10.2 Å². The smallest absolute Gasteiger partial charge is 0.241 e. The first-order valence-electron chi connectivity index (χ1n) is 7.36. The van der Waals surface area contributed by atoms with Gasteiger partial charge in [-0.1, -0.05) is 38.1 Å². The molecule has 0 spiro atoms. The monoisotopic (exact) mass is 330 g/mol. The zero-order chi connectivity index (χ0) is 16.4. The molecule has 3 aromatic rings. The summed E-state index contributed by atoms with van der Waals surface area (Å²) in [5.41, 5.74) is 0.687. The molecule has 0 aliphatic carbocycles. The zero-order valence-electron chi connectivity index (χ0n) is 12.9. The minimum atomic E-state index is -3.63. The number of rotatable bonds is 5. The van der Waals surface area contributed by atoms with E-state index in [2.05, 4.69) is 14.9 Å². The van der Waals surface area contributed by atoms with Gasteiger partial charge in [-0.2, -0.15) is 0 Å². The molecule has 1 atom stereocenters. The van der Waals surface area contributed by atoms with Crippen LogP contribution in [0.15, 0.2) is 59.6 Å². The number of benzene rings is 1. The first kappa shape index (κ1) is 15.6. The van der Waals surface area contributed by atoms with E-state index in [1.54, 1.807) is 34.7 Å². The van der Waals surface area contributed by atoms with Crippen molar-refractivity contribution in [1.82, 2.24) is 19.3 Å². The Morgan fingerprint density at radius 3 is 2.39 bits per heavy atom. The molecule has 0 bridgehead atoms. The van der Waals surface area contributed by atoms with Gasteiger partial charge < -0.3 is 0 Å². The van der Waals surface area contributed by atoms with Crippen LogP contribution in [0.5, 0.6) is 0 Å². The van der Waals surface area contributed by atoms with Crippen molar-refractivity contribution in [1.29, 1.82) is 0 Å². The first-order chi connectivity index (χ1) is 11.0. The van der Waals surface area contributed by atoms with E-state index >= 15 is 0 Å². The standard InChI is InChI=1S/C16H18N4O2S/c1-12(2)15(16-18-17-14-10-6-7-11-20(14)16)19-23(21,22)13-8-4-3-5-9-13/h3-12,15,19H,1-2H3/t15-/m0/s1. The Kier molecular flexibility index (Phi) is 4.14. The summed E-state index contributed by atoms with van der Waals surface area (Å²) >= 11 is 0. The van der Waals surface area contributed by atoms with Crippen molar-refractivity contribution >= 4 is 15.7 Å². The average Bonchev–Trinajstić information content (AvgIpc) is 2.97. The van der Waals surface area contributed by atoms with Gasteiger partial charge in [-0.3, -0.25) is 4.40 Å². The number of pyridine rings is 1. The Morgan fingerprint density at radius 1 is 1.00 bits per heavy atom. The molecule has 0 aliphatic heterocycles. The van der Waals surface area contributed by atoms with Crippen molar-refractivity contribution in [2.75, 3.05) is 0 Å². The molecule has 0 amide bonds. The lowest BCUT2D eigenvalue weighted by Crippen LogP contribution is -2.33. The van der Waals surface area contributed by atoms with Crippen molar-refractivity contribution in [3.05, 3.63) is 60.6 Å². The van der Waals surface area contributed by atoms with Gasteiger partial charge in [0.15, 0.2) is 11.5 Å². The van der Waals surface area contributed by atoms with E-state index in [0.29, 0.717) is 11.5 Å². The molecule has 0 unspecified atom stereocenters. The lowest BCUT2D eigenvalue weighted by molar-refractivity contribution is 0.441. The first-order valence-corrected chi connectivity index (χ1v) is 8.84. The summed E-state index contributed by atoms with van der Waals surface area (Å²) in [7, 11) is -3.63. The van der Waals surface area contributed by atoms with E-state index in [4.69, 9.17) is 0 Å². The molecule has 0 saturated heterocycles. The summed E-state index contributed by atoms with van der Waals surface area (Å²) < 4.78 is 29.8. The highest BCUT2D eigenvalue weighted by atomic mass is 32.2. The van der Waals surface area contributed by atoms with Crippen LogP contribution in [-0.4, -0.2) is 23.0 Å². The van der Waals surface area contributed by atoms with Crippen LogP contribution in [-0.2, 0) is 10.0 Å². The highest BCUT2D eigenvalue weighted by Crippen LogP contribution is 2.23. The lowest BCUT2D eigenvalue weighted by atomic mass is 10.1. The summed E-state index contributed by atoms with van der Waals surface area (Å²) in [6.45, 7) is 3.89. The van der Waals surface area contributed by atoms with Crippen LogP contribution in [0, 0.1) is 5.92 Å². The molecule has 2 heterocycles. The summed E-state index contributed by atoms with van der Waals surface area (Å²) in [5.74, 6) is 0.594. The van der Waals surface area contributed by atoms with Gasteiger partial charge in [0.05, 0.1) is 10.9 Å². The molecule has 120 valence electrons. The molecule has 2 aromatic heterocycles. The van der Waals surface area contributed by atoms with Gasteiger partial charge >= 0.3 is 0 Å². The molecule has 3 rings (SSSR count). The molecule has 0 aliphatic rings. The molecule has 7 heteroatoms. The largest absolute Gasteiger partial charge is 0.285 e. The second-order valence-electron chi connectivity index (χ2n) is 5.64. The minimum Gasteiger partial charge on any atom is -0.285 e. The molecule has 6 nitrogen and oxygen atoms in total. The van der Waals surface area contributed by atoms with Crippen LogP contribution in [0.1, 0.15) is 25.7 Å². The number of aromatic nitrogens is 3. The molecule has 0 fully saturated rings. The zero-order valence-corrected chi connectivity index (χ0v) is 13.7. The van der Waals surface area contributed by atoms with Crippen LogP contribution in [0.25, 0.3) is 5.65 Å². The second-order valence-corrected chi connectivity index (χ2v) is 7.36. The Morgan fingerprint density at radius 2 is 1.70 bits per heavy atom. The maximum absolute atomic E-state index is 12.6. The molecule has 1 N–H and O–H groups in total. The Labute approximate surface area is 135 Å². The minimum absolute atomic E-state index is 0.0149. The van der Waals surface area contributed by atoms with Crippen LogP contribution in [0.2, 0.25) is 0 Å². The maximum atomic E-state index is 12.6. The lowest BCUT2D eigenvalue weighted by Gasteiger charge is -2.20. The third-order valence-electron chi connectivity index (χ3n) is 3.62. The van der Waals surface area contributed by atoms with E-state index in [9.17, 15) is 8.42 Å². The van der Waals surface area contributed by atoms with Crippen LogP contribution >= 0.6 is 0 Å². The van der Waals surface area contributed by atoms with Crippen LogP contribution in [0.4, 0.5) is 0 Å². The molecule has 0 saturated carbocycles. The summed E-state index contributed by atoms with van der Waals surface area (Å²) in [4.78, 5) is 0.236. The van der Waals surface area contributed by atoms with E-state index < -0.39 is 16.1 Å². The normalized spacial score (nSPS) is 13.5. The number of hydrogen-bond acceptors (Lipinski definition) is 4. The molecule has 1 aromatic carbocycles.